The average molecular weight is 213 g/mol. The molecule has 2 aromatic rings. The van der Waals surface area contributed by atoms with Crippen LogP contribution in [0.1, 0.15) is 11.1 Å². The first-order valence-corrected chi connectivity index (χ1v) is 5.28. The van der Waals surface area contributed by atoms with Gasteiger partial charge in [0.1, 0.15) is 12.4 Å². The second kappa shape index (κ2) is 4.71. The van der Waals surface area contributed by atoms with Crippen molar-refractivity contribution in [1.82, 2.24) is 0 Å². The highest BCUT2D eigenvalue weighted by Crippen LogP contribution is 2.17. The van der Waals surface area contributed by atoms with Crippen molar-refractivity contribution in [1.29, 1.82) is 0 Å². The number of aryl methyl sites for hydroxylation is 1. The molecule has 0 aliphatic rings. The van der Waals surface area contributed by atoms with Gasteiger partial charge in [0.2, 0.25) is 0 Å². The minimum Gasteiger partial charge on any atom is -0.489 e. The highest BCUT2D eigenvalue weighted by molar-refractivity contribution is 5.43. The summed E-state index contributed by atoms with van der Waals surface area (Å²) < 4.78 is 5.67. The first-order valence-electron chi connectivity index (χ1n) is 5.28. The van der Waals surface area contributed by atoms with Crippen molar-refractivity contribution in [3.05, 3.63) is 59.7 Å². The molecule has 0 aliphatic carbocycles. The number of benzene rings is 2. The van der Waals surface area contributed by atoms with E-state index in [-0.39, 0.29) is 0 Å². The van der Waals surface area contributed by atoms with E-state index in [0.29, 0.717) is 6.61 Å². The van der Waals surface area contributed by atoms with Crippen molar-refractivity contribution in [2.24, 2.45) is 0 Å². The SMILES string of the molecule is Cc1ccccc1COc1cccc(N)c1. The largest absolute Gasteiger partial charge is 0.489 e. The highest BCUT2D eigenvalue weighted by atomic mass is 16.5. The lowest BCUT2D eigenvalue weighted by atomic mass is 10.1. The summed E-state index contributed by atoms with van der Waals surface area (Å²) in [5.74, 6) is 0.809. The number of hydrogen-bond acceptors (Lipinski definition) is 2. The van der Waals surface area contributed by atoms with Gasteiger partial charge >= 0.3 is 0 Å². The van der Waals surface area contributed by atoms with Crippen molar-refractivity contribution in [3.8, 4) is 5.75 Å². The van der Waals surface area contributed by atoms with E-state index >= 15 is 0 Å². The summed E-state index contributed by atoms with van der Waals surface area (Å²) in [6, 6.07) is 15.7. The summed E-state index contributed by atoms with van der Waals surface area (Å²) >= 11 is 0. The lowest BCUT2D eigenvalue weighted by Gasteiger charge is -2.08. The summed E-state index contributed by atoms with van der Waals surface area (Å²) in [6.07, 6.45) is 0. The fourth-order valence-corrected chi connectivity index (χ4v) is 1.54. The summed E-state index contributed by atoms with van der Waals surface area (Å²) in [5.41, 5.74) is 8.84. The predicted octanol–water partition coefficient (Wildman–Crippen LogP) is 3.16. The number of nitrogens with two attached hydrogens (primary N) is 1. The summed E-state index contributed by atoms with van der Waals surface area (Å²) in [7, 11) is 0. The summed E-state index contributed by atoms with van der Waals surface area (Å²) in [4.78, 5) is 0. The van der Waals surface area contributed by atoms with Gasteiger partial charge in [0.15, 0.2) is 0 Å². The molecular formula is C14H15NO. The molecule has 0 fully saturated rings. The van der Waals surface area contributed by atoms with Crippen LogP contribution in [-0.2, 0) is 6.61 Å². The third kappa shape index (κ3) is 2.54. The normalized spacial score (nSPS) is 10.1. The Bertz CT molecular complexity index is 480. The van der Waals surface area contributed by atoms with E-state index in [0.717, 1.165) is 11.4 Å². The molecule has 82 valence electrons. The second-order valence-corrected chi connectivity index (χ2v) is 3.79. The Morgan fingerprint density at radius 1 is 1.06 bits per heavy atom. The van der Waals surface area contributed by atoms with Gasteiger partial charge in [0, 0.05) is 11.8 Å². The van der Waals surface area contributed by atoms with Crippen LogP contribution in [-0.4, -0.2) is 0 Å². The Kier molecular flexibility index (Phi) is 3.10. The zero-order valence-corrected chi connectivity index (χ0v) is 9.31. The molecule has 0 atom stereocenters. The number of hydrogen-bond donors (Lipinski definition) is 1. The lowest BCUT2D eigenvalue weighted by molar-refractivity contribution is 0.305. The van der Waals surface area contributed by atoms with Crippen LogP contribution in [0, 0.1) is 6.92 Å². The van der Waals surface area contributed by atoms with Crippen LogP contribution in [0.25, 0.3) is 0 Å². The minimum absolute atomic E-state index is 0.579. The molecule has 0 aromatic heterocycles. The molecule has 0 amide bonds. The fourth-order valence-electron chi connectivity index (χ4n) is 1.54. The second-order valence-electron chi connectivity index (χ2n) is 3.79. The van der Waals surface area contributed by atoms with E-state index in [1.165, 1.54) is 11.1 Å². The van der Waals surface area contributed by atoms with E-state index < -0.39 is 0 Å². The molecule has 0 spiro atoms. The minimum atomic E-state index is 0.579. The maximum atomic E-state index is 5.68. The molecule has 0 unspecified atom stereocenters. The Hall–Kier alpha value is -1.96. The van der Waals surface area contributed by atoms with E-state index in [4.69, 9.17) is 10.5 Å². The molecule has 2 heteroatoms. The van der Waals surface area contributed by atoms with Gasteiger partial charge in [-0.05, 0) is 30.2 Å². The molecule has 0 heterocycles. The van der Waals surface area contributed by atoms with Gasteiger partial charge in [-0.3, -0.25) is 0 Å². The van der Waals surface area contributed by atoms with Crippen molar-refractivity contribution >= 4 is 5.69 Å². The first-order chi connectivity index (χ1) is 7.75. The summed E-state index contributed by atoms with van der Waals surface area (Å²) in [6.45, 7) is 2.66. The van der Waals surface area contributed by atoms with Gasteiger partial charge in [0.25, 0.3) is 0 Å². The van der Waals surface area contributed by atoms with Crippen LogP contribution in [0.2, 0.25) is 0 Å². The van der Waals surface area contributed by atoms with Crippen molar-refractivity contribution in [3.63, 3.8) is 0 Å². The molecule has 0 saturated carbocycles. The fraction of sp³-hybridized carbons (Fsp3) is 0.143. The quantitative estimate of drug-likeness (QED) is 0.795. The molecule has 2 N–H and O–H groups in total. The molecule has 0 saturated heterocycles. The van der Waals surface area contributed by atoms with E-state index in [1.54, 1.807) is 0 Å². The predicted molar refractivity (Wildman–Crippen MR) is 66.4 cm³/mol. The van der Waals surface area contributed by atoms with Crippen LogP contribution >= 0.6 is 0 Å². The third-order valence-corrected chi connectivity index (χ3v) is 2.51. The Labute approximate surface area is 95.7 Å². The van der Waals surface area contributed by atoms with Gasteiger partial charge in [-0.2, -0.15) is 0 Å². The van der Waals surface area contributed by atoms with Gasteiger partial charge < -0.3 is 10.5 Å². The standard InChI is InChI=1S/C14H15NO/c1-11-5-2-3-6-12(11)10-16-14-8-4-7-13(15)9-14/h2-9H,10,15H2,1H3. The topological polar surface area (TPSA) is 35.2 Å². The number of nitrogen functional groups attached to an aromatic ring is 1. The van der Waals surface area contributed by atoms with Gasteiger partial charge in [-0.15, -0.1) is 0 Å². The molecule has 2 rings (SSSR count). The van der Waals surface area contributed by atoms with Crippen molar-refractivity contribution in [2.75, 3.05) is 5.73 Å². The molecule has 2 aromatic carbocycles. The summed E-state index contributed by atoms with van der Waals surface area (Å²) in [5, 5.41) is 0. The molecule has 0 bridgehead atoms. The van der Waals surface area contributed by atoms with Crippen LogP contribution < -0.4 is 10.5 Å². The molecule has 16 heavy (non-hydrogen) atoms. The van der Waals surface area contributed by atoms with E-state index in [1.807, 2.05) is 36.4 Å². The lowest BCUT2D eigenvalue weighted by Crippen LogP contribution is -1.98. The zero-order valence-electron chi connectivity index (χ0n) is 9.31. The van der Waals surface area contributed by atoms with Gasteiger partial charge in [-0.25, -0.2) is 0 Å². The van der Waals surface area contributed by atoms with Crippen LogP contribution in [0.3, 0.4) is 0 Å². The Morgan fingerprint density at radius 3 is 2.62 bits per heavy atom. The average Bonchev–Trinajstić information content (AvgIpc) is 2.28. The maximum Gasteiger partial charge on any atom is 0.121 e. The van der Waals surface area contributed by atoms with Crippen LogP contribution in [0.5, 0.6) is 5.75 Å². The van der Waals surface area contributed by atoms with Crippen LogP contribution in [0.15, 0.2) is 48.5 Å². The highest BCUT2D eigenvalue weighted by Gasteiger charge is 1.98. The zero-order chi connectivity index (χ0) is 11.4. The monoisotopic (exact) mass is 213 g/mol. The smallest absolute Gasteiger partial charge is 0.121 e. The first kappa shape index (κ1) is 10.6. The van der Waals surface area contributed by atoms with Gasteiger partial charge in [-0.1, -0.05) is 30.3 Å². The number of rotatable bonds is 3. The Morgan fingerprint density at radius 2 is 1.88 bits per heavy atom. The molecule has 0 radical (unpaired) electrons. The number of ether oxygens (including phenoxy) is 1. The Balaban J connectivity index is 2.05. The maximum absolute atomic E-state index is 5.68. The number of anilines is 1. The van der Waals surface area contributed by atoms with E-state index in [2.05, 4.69) is 19.1 Å². The molecule has 2 nitrogen and oxygen atoms in total. The van der Waals surface area contributed by atoms with E-state index in [9.17, 15) is 0 Å². The molecular weight excluding hydrogens is 198 g/mol. The van der Waals surface area contributed by atoms with Crippen molar-refractivity contribution in [2.45, 2.75) is 13.5 Å². The molecule has 0 aliphatic heterocycles. The van der Waals surface area contributed by atoms with Crippen molar-refractivity contribution < 1.29 is 4.74 Å². The van der Waals surface area contributed by atoms with Gasteiger partial charge in [0.05, 0.1) is 0 Å². The van der Waals surface area contributed by atoms with Crippen LogP contribution in [0.4, 0.5) is 5.69 Å². The third-order valence-electron chi connectivity index (χ3n) is 2.51.